The molecule has 0 atom stereocenters. The van der Waals surface area contributed by atoms with Crippen molar-refractivity contribution >= 4 is 11.5 Å². The zero-order chi connectivity index (χ0) is 9.56. The van der Waals surface area contributed by atoms with E-state index >= 15 is 0 Å². The van der Waals surface area contributed by atoms with E-state index in [1.807, 2.05) is 19.9 Å². The molecular weight excluding hydrogens is 152 g/mol. The van der Waals surface area contributed by atoms with E-state index in [2.05, 4.69) is 4.98 Å². The van der Waals surface area contributed by atoms with E-state index in [1.165, 1.54) is 5.01 Å². The minimum atomic E-state index is 0.451. The summed E-state index contributed by atoms with van der Waals surface area (Å²) in [6, 6.07) is 3.59. The normalized spacial score (nSPS) is 8.33. The first kappa shape index (κ1) is 10.7. The Labute approximate surface area is 73.2 Å². The van der Waals surface area contributed by atoms with Crippen LogP contribution in [0.2, 0.25) is 0 Å². The molecular formula is C8H16N4. The standard InChI is InChI=1S/C6H10N4.C2H6/c1-10(8)5-3-2-4-9-6(5)7;1-2/h2-4H,8H2,1H3,(H2,7,9);1-2H3. The van der Waals surface area contributed by atoms with Crippen molar-refractivity contribution in [2.24, 2.45) is 5.84 Å². The van der Waals surface area contributed by atoms with Crippen molar-refractivity contribution in [3.8, 4) is 0 Å². The molecule has 0 aliphatic carbocycles. The van der Waals surface area contributed by atoms with Crippen molar-refractivity contribution in [1.82, 2.24) is 4.98 Å². The van der Waals surface area contributed by atoms with Crippen molar-refractivity contribution in [3.63, 3.8) is 0 Å². The molecule has 12 heavy (non-hydrogen) atoms. The molecule has 0 fully saturated rings. The van der Waals surface area contributed by atoms with E-state index in [4.69, 9.17) is 11.6 Å². The lowest BCUT2D eigenvalue weighted by Gasteiger charge is -2.12. The van der Waals surface area contributed by atoms with E-state index in [0.717, 1.165) is 5.69 Å². The number of hydrogen-bond donors (Lipinski definition) is 2. The van der Waals surface area contributed by atoms with Crippen molar-refractivity contribution in [2.75, 3.05) is 17.8 Å². The van der Waals surface area contributed by atoms with Gasteiger partial charge in [0.05, 0.1) is 5.69 Å². The van der Waals surface area contributed by atoms with Gasteiger partial charge in [0.25, 0.3) is 0 Å². The highest BCUT2D eigenvalue weighted by atomic mass is 15.4. The predicted octanol–water partition coefficient (Wildman–Crippen LogP) is 1.000. The Morgan fingerprint density at radius 1 is 1.42 bits per heavy atom. The third kappa shape index (κ3) is 2.75. The number of anilines is 2. The van der Waals surface area contributed by atoms with Gasteiger partial charge in [-0.25, -0.2) is 10.8 Å². The van der Waals surface area contributed by atoms with Crippen LogP contribution in [0, 0.1) is 0 Å². The van der Waals surface area contributed by atoms with Gasteiger partial charge in [0, 0.05) is 13.2 Å². The molecule has 0 aromatic carbocycles. The fourth-order valence-electron chi connectivity index (χ4n) is 0.707. The van der Waals surface area contributed by atoms with E-state index in [1.54, 1.807) is 19.3 Å². The zero-order valence-electron chi connectivity index (χ0n) is 7.78. The molecule has 0 radical (unpaired) electrons. The summed E-state index contributed by atoms with van der Waals surface area (Å²) in [6.45, 7) is 4.00. The number of nitrogens with two attached hydrogens (primary N) is 2. The van der Waals surface area contributed by atoms with E-state index < -0.39 is 0 Å². The molecule has 0 saturated carbocycles. The molecule has 1 rings (SSSR count). The van der Waals surface area contributed by atoms with Crippen molar-refractivity contribution in [3.05, 3.63) is 18.3 Å². The maximum atomic E-state index is 5.49. The molecule has 0 bridgehead atoms. The Balaban J connectivity index is 0.000000561. The van der Waals surface area contributed by atoms with E-state index in [9.17, 15) is 0 Å². The Morgan fingerprint density at radius 3 is 2.33 bits per heavy atom. The lowest BCUT2D eigenvalue weighted by molar-refractivity contribution is 1.01. The molecule has 0 spiro atoms. The second-order valence-corrected chi connectivity index (χ2v) is 2.02. The lowest BCUT2D eigenvalue weighted by atomic mass is 10.4. The lowest BCUT2D eigenvalue weighted by Crippen LogP contribution is -2.26. The van der Waals surface area contributed by atoms with Gasteiger partial charge in [-0.1, -0.05) is 13.8 Å². The van der Waals surface area contributed by atoms with Crippen molar-refractivity contribution < 1.29 is 0 Å². The van der Waals surface area contributed by atoms with Crippen LogP contribution >= 0.6 is 0 Å². The van der Waals surface area contributed by atoms with Crippen LogP contribution in [0.5, 0.6) is 0 Å². The SMILES string of the molecule is CC.CN(N)c1cccnc1N. The number of hydrazine groups is 1. The molecule has 4 nitrogen and oxygen atoms in total. The Kier molecular flexibility index (Phi) is 4.79. The molecule has 4 heteroatoms. The summed E-state index contributed by atoms with van der Waals surface area (Å²) in [4.78, 5) is 3.86. The van der Waals surface area contributed by atoms with Gasteiger partial charge in [0.15, 0.2) is 0 Å². The Bertz CT molecular complexity index is 222. The minimum absolute atomic E-state index is 0.451. The maximum absolute atomic E-state index is 5.49. The van der Waals surface area contributed by atoms with E-state index in [-0.39, 0.29) is 0 Å². The minimum Gasteiger partial charge on any atom is -0.382 e. The third-order valence-electron chi connectivity index (χ3n) is 1.20. The fraction of sp³-hybridized carbons (Fsp3) is 0.375. The number of rotatable bonds is 1. The highest BCUT2D eigenvalue weighted by Crippen LogP contribution is 2.14. The van der Waals surface area contributed by atoms with Gasteiger partial charge in [-0.15, -0.1) is 0 Å². The van der Waals surface area contributed by atoms with Crippen LogP contribution in [0.25, 0.3) is 0 Å². The highest BCUT2D eigenvalue weighted by molar-refractivity contribution is 5.61. The molecule has 0 aliphatic heterocycles. The van der Waals surface area contributed by atoms with Crippen LogP contribution in [-0.2, 0) is 0 Å². The highest BCUT2D eigenvalue weighted by Gasteiger charge is 1.98. The zero-order valence-corrected chi connectivity index (χ0v) is 7.78. The summed E-state index contributed by atoms with van der Waals surface area (Å²) in [6.07, 6.45) is 1.63. The quantitative estimate of drug-likeness (QED) is 0.485. The van der Waals surface area contributed by atoms with Gasteiger partial charge >= 0.3 is 0 Å². The van der Waals surface area contributed by atoms with Gasteiger partial charge in [0.1, 0.15) is 5.82 Å². The molecule has 68 valence electrons. The first-order valence-electron chi connectivity index (χ1n) is 3.90. The molecule has 4 N–H and O–H groups in total. The van der Waals surface area contributed by atoms with Gasteiger partial charge in [-0.2, -0.15) is 0 Å². The Morgan fingerprint density at radius 2 is 2.00 bits per heavy atom. The monoisotopic (exact) mass is 168 g/mol. The molecule has 0 amide bonds. The average Bonchev–Trinajstić information content (AvgIpc) is 2.08. The molecule has 0 unspecified atom stereocenters. The Hall–Kier alpha value is -1.29. The average molecular weight is 168 g/mol. The number of nitrogen functional groups attached to an aromatic ring is 1. The number of nitrogens with zero attached hydrogens (tertiary/aromatic N) is 2. The number of aromatic nitrogens is 1. The maximum Gasteiger partial charge on any atom is 0.148 e. The molecule has 0 aliphatic rings. The summed E-state index contributed by atoms with van der Waals surface area (Å²) >= 11 is 0. The summed E-state index contributed by atoms with van der Waals surface area (Å²) in [7, 11) is 1.72. The summed E-state index contributed by atoms with van der Waals surface area (Å²) in [5.74, 6) is 5.88. The molecule has 1 aromatic heterocycles. The van der Waals surface area contributed by atoms with Crippen molar-refractivity contribution in [2.45, 2.75) is 13.8 Å². The van der Waals surface area contributed by atoms with Crippen LogP contribution in [0.4, 0.5) is 11.5 Å². The van der Waals surface area contributed by atoms with Crippen LogP contribution in [0.15, 0.2) is 18.3 Å². The van der Waals surface area contributed by atoms with Crippen LogP contribution in [-0.4, -0.2) is 12.0 Å². The van der Waals surface area contributed by atoms with Gasteiger partial charge in [-0.3, -0.25) is 0 Å². The molecule has 1 heterocycles. The largest absolute Gasteiger partial charge is 0.382 e. The fourth-order valence-corrected chi connectivity index (χ4v) is 0.707. The van der Waals surface area contributed by atoms with Crippen molar-refractivity contribution in [1.29, 1.82) is 0 Å². The first-order chi connectivity index (χ1) is 5.72. The van der Waals surface area contributed by atoms with Crippen LogP contribution in [0.3, 0.4) is 0 Å². The topological polar surface area (TPSA) is 68.2 Å². The second kappa shape index (κ2) is 5.37. The van der Waals surface area contributed by atoms with Gasteiger partial charge in [0.2, 0.25) is 0 Å². The van der Waals surface area contributed by atoms with Crippen LogP contribution < -0.4 is 16.6 Å². The predicted molar refractivity (Wildman–Crippen MR) is 52.6 cm³/mol. The van der Waals surface area contributed by atoms with Crippen LogP contribution in [0.1, 0.15) is 13.8 Å². The summed E-state index contributed by atoms with van der Waals surface area (Å²) in [5.41, 5.74) is 6.23. The van der Waals surface area contributed by atoms with Gasteiger partial charge < -0.3 is 10.7 Å². The van der Waals surface area contributed by atoms with E-state index in [0.29, 0.717) is 5.82 Å². The first-order valence-corrected chi connectivity index (χ1v) is 3.90. The number of pyridine rings is 1. The second-order valence-electron chi connectivity index (χ2n) is 2.02. The smallest absolute Gasteiger partial charge is 0.148 e. The number of hydrogen-bond acceptors (Lipinski definition) is 4. The summed E-state index contributed by atoms with van der Waals surface area (Å²) < 4.78 is 0. The molecule has 1 aromatic rings. The summed E-state index contributed by atoms with van der Waals surface area (Å²) in [5, 5.41) is 1.43. The third-order valence-corrected chi connectivity index (χ3v) is 1.20. The van der Waals surface area contributed by atoms with Gasteiger partial charge in [-0.05, 0) is 12.1 Å². The molecule has 0 saturated heterocycles.